The van der Waals surface area contributed by atoms with E-state index >= 15 is 0 Å². The van der Waals surface area contributed by atoms with Gasteiger partial charge in [0.15, 0.2) is 0 Å². The highest BCUT2D eigenvalue weighted by Gasteiger charge is 2.27. The SMILES string of the molecule is COc1ccc2c(c1)CC(C(=O)Nc1ccc(-c3cn[nH]c3)cc1SCCN(C)C)CO2. The average molecular weight is 453 g/mol. The maximum Gasteiger partial charge on any atom is 0.231 e. The summed E-state index contributed by atoms with van der Waals surface area (Å²) in [4.78, 5) is 16.3. The Morgan fingerprint density at radius 3 is 2.91 bits per heavy atom. The van der Waals surface area contributed by atoms with Gasteiger partial charge in [-0.05, 0) is 62.0 Å². The summed E-state index contributed by atoms with van der Waals surface area (Å²) >= 11 is 1.73. The highest BCUT2D eigenvalue weighted by atomic mass is 32.2. The van der Waals surface area contributed by atoms with Crippen LogP contribution in [0.15, 0.2) is 53.7 Å². The van der Waals surface area contributed by atoms with Gasteiger partial charge in [-0.15, -0.1) is 11.8 Å². The molecule has 0 saturated heterocycles. The predicted octanol–water partition coefficient (Wildman–Crippen LogP) is 3.93. The van der Waals surface area contributed by atoms with Gasteiger partial charge in [0.25, 0.3) is 0 Å². The molecule has 0 radical (unpaired) electrons. The second-order valence-corrected chi connectivity index (χ2v) is 9.16. The molecule has 4 rings (SSSR count). The molecule has 7 nitrogen and oxygen atoms in total. The number of rotatable bonds is 8. The summed E-state index contributed by atoms with van der Waals surface area (Å²) in [7, 11) is 5.75. The molecule has 0 saturated carbocycles. The van der Waals surface area contributed by atoms with Crippen LogP contribution in [0.3, 0.4) is 0 Å². The molecule has 2 aromatic carbocycles. The molecule has 1 aromatic heterocycles. The van der Waals surface area contributed by atoms with Crippen LogP contribution < -0.4 is 14.8 Å². The van der Waals surface area contributed by atoms with Crippen molar-refractivity contribution >= 4 is 23.4 Å². The van der Waals surface area contributed by atoms with Gasteiger partial charge in [-0.3, -0.25) is 9.89 Å². The number of nitrogens with one attached hydrogen (secondary N) is 2. The number of thioether (sulfide) groups is 1. The lowest BCUT2D eigenvalue weighted by molar-refractivity contribution is -0.121. The number of aromatic amines is 1. The largest absolute Gasteiger partial charge is 0.497 e. The van der Waals surface area contributed by atoms with E-state index in [4.69, 9.17) is 9.47 Å². The van der Waals surface area contributed by atoms with E-state index in [1.807, 2.05) is 36.5 Å². The minimum atomic E-state index is -0.261. The molecule has 32 heavy (non-hydrogen) atoms. The summed E-state index contributed by atoms with van der Waals surface area (Å²) in [5.41, 5.74) is 3.89. The van der Waals surface area contributed by atoms with Gasteiger partial charge >= 0.3 is 0 Å². The number of nitrogens with zero attached hydrogens (tertiary/aromatic N) is 2. The van der Waals surface area contributed by atoms with Crippen LogP contribution >= 0.6 is 11.8 Å². The van der Waals surface area contributed by atoms with Crippen molar-refractivity contribution in [3.63, 3.8) is 0 Å². The maximum absolute atomic E-state index is 13.1. The molecule has 1 aliphatic rings. The van der Waals surface area contributed by atoms with Crippen molar-refractivity contribution < 1.29 is 14.3 Å². The average Bonchev–Trinajstić information content (AvgIpc) is 3.34. The normalized spacial score (nSPS) is 15.2. The van der Waals surface area contributed by atoms with Crippen LogP contribution in [-0.4, -0.2) is 61.1 Å². The highest BCUT2D eigenvalue weighted by molar-refractivity contribution is 7.99. The van der Waals surface area contributed by atoms with E-state index < -0.39 is 0 Å². The van der Waals surface area contributed by atoms with Gasteiger partial charge in [-0.2, -0.15) is 5.10 Å². The quantitative estimate of drug-likeness (QED) is 0.504. The zero-order valence-electron chi connectivity index (χ0n) is 18.6. The van der Waals surface area contributed by atoms with Crippen molar-refractivity contribution in [2.45, 2.75) is 11.3 Å². The van der Waals surface area contributed by atoms with E-state index in [9.17, 15) is 4.79 Å². The summed E-state index contributed by atoms with van der Waals surface area (Å²) in [6.45, 7) is 1.31. The standard InChI is InChI=1S/C24H28N4O3S/c1-28(2)8-9-32-23-12-16(19-13-25-26-14-19)4-6-21(23)27-24(29)18-10-17-11-20(30-3)5-7-22(17)31-15-18/h4-7,11-14,18H,8-10,15H2,1-3H3,(H,25,26)(H,27,29). The van der Waals surface area contributed by atoms with Gasteiger partial charge in [0.1, 0.15) is 18.1 Å². The minimum absolute atomic E-state index is 0.0380. The number of amides is 1. The molecule has 1 aliphatic heterocycles. The first-order valence-corrected chi connectivity index (χ1v) is 11.5. The van der Waals surface area contributed by atoms with Gasteiger partial charge in [0.05, 0.1) is 24.9 Å². The van der Waals surface area contributed by atoms with E-state index in [2.05, 4.69) is 40.6 Å². The Kier molecular flexibility index (Phi) is 7.02. The number of H-pyrrole nitrogens is 1. The lowest BCUT2D eigenvalue weighted by Crippen LogP contribution is -2.32. The molecule has 168 valence electrons. The van der Waals surface area contributed by atoms with Gasteiger partial charge in [0, 0.05) is 29.0 Å². The number of carbonyl (C=O) groups is 1. The molecule has 3 aromatic rings. The fourth-order valence-corrected chi connectivity index (χ4v) is 4.73. The third-order valence-electron chi connectivity index (χ3n) is 5.41. The van der Waals surface area contributed by atoms with Crippen LogP contribution in [0.25, 0.3) is 11.1 Å². The van der Waals surface area contributed by atoms with Crippen LogP contribution in [0.2, 0.25) is 0 Å². The number of ether oxygens (including phenoxy) is 2. The van der Waals surface area contributed by atoms with Gasteiger partial charge in [-0.25, -0.2) is 0 Å². The van der Waals surface area contributed by atoms with Crippen molar-refractivity contribution in [3.05, 3.63) is 54.4 Å². The molecule has 8 heteroatoms. The summed E-state index contributed by atoms with van der Waals surface area (Å²) in [6, 6.07) is 11.8. The lowest BCUT2D eigenvalue weighted by atomic mass is 9.95. The fraction of sp³-hybridized carbons (Fsp3) is 0.333. The Labute approximate surface area is 192 Å². The van der Waals surface area contributed by atoms with Gasteiger partial charge in [0.2, 0.25) is 5.91 Å². The summed E-state index contributed by atoms with van der Waals surface area (Å²) in [5, 5.41) is 10.0. The first-order valence-electron chi connectivity index (χ1n) is 10.5. The Morgan fingerprint density at radius 1 is 1.28 bits per heavy atom. The van der Waals surface area contributed by atoms with Crippen molar-refractivity contribution in [2.24, 2.45) is 5.92 Å². The smallest absolute Gasteiger partial charge is 0.231 e. The number of aromatic nitrogens is 2. The maximum atomic E-state index is 13.1. The Balaban J connectivity index is 1.51. The van der Waals surface area contributed by atoms with E-state index in [0.29, 0.717) is 13.0 Å². The summed E-state index contributed by atoms with van der Waals surface area (Å²) in [6.07, 6.45) is 4.29. The molecule has 0 spiro atoms. The third-order valence-corrected chi connectivity index (χ3v) is 6.45. The number of carbonyl (C=O) groups excluding carboxylic acids is 1. The fourth-order valence-electron chi connectivity index (χ4n) is 3.57. The van der Waals surface area contributed by atoms with E-state index in [-0.39, 0.29) is 11.8 Å². The van der Waals surface area contributed by atoms with Gasteiger partial charge < -0.3 is 19.7 Å². The molecule has 2 N–H and O–H groups in total. The number of fused-ring (bicyclic) bond motifs is 1. The van der Waals surface area contributed by atoms with Crippen LogP contribution in [0.4, 0.5) is 5.69 Å². The summed E-state index contributed by atoms with van der Waals surface area (Å²) in [5.74, 6) is 2.21. The number of methoxy groups -OCH3 is 1. The first kappa shape index (κ1) is 22.2. The van der Waals surface area contributed by atoms with Crippen LogP contribution in [-0.2, 0) is 11.2 Å². The second kappa shape index (κ2) is 10.1. The van der Waals surface area contributed by atoms with Crippen molar-refractivity contribution in [3.8, 4) is 22.6 Å². The molecular formula is C24H28N4O3S. The molecule has 2 heterocycles. The van der Waals surface area contributed by atoms with Crippen LogP contribution in [0, 0.1) is 5.92 Å². The zero-order chi connectivity index (χ0) is 22.5. The lowest BCUT2D eigenvalue weighted by Gasteiger charge is -2.25. The molecule has 1 unspecified atom stereocenters. The Morgan fingerprint density at radius 2 is 2.16 bits per heavy atom. The zero-order valence-corrected chi connectivity index (χ0v) is 19.4. The van der Waals surface area contributed by atoms with Crippen molar-refractivity contribution in [1.82, 2.24) is 15.1 Å². The number of hydrogen-bond acceptors (Lipinski definition) is 6. The molecule has 1 amide bonds. The Hall–Kier alpha value is -2.97. The van der Waals surface area contributed by atoms with E-state index in [0.717, 1.165) is 51.1 Å². The Bertz CT molecular complexity index is 1070. The van der Waals surface area contributed by atoms with E-state index in [1.165, 1.54) is 0 Å². The second-order valence-electron chi connectivity index (χ2n) is 8.02. The molecule has 0 bridgehead atoms. The number of anilines is 1. The van der Waals surface area contributed by atoms with Crippen molar-refractivity contribution in [1.29, 1.82) is 0 Å². The minimum Gasteiger partial charge on any atom is -0.497 e. The summed E-state index contributed by atoms with van der Waals surface area (Å²) < 4.78 is 11.2. The van der Waals surface area contributed by atoms with E-state index in [1.54, 1.807) is 25.1 Å². The van der Waals surface area contributed by atoms with Crippen LogP contribution in [0.1, 0.15) is 5.56 Å². The third kappa shape index (κ3) is 5.26. The van der Waals surface area contributed by atoms with Gasteiger partial charge in [-0.1, -0.05) is 6.07 Å². The highest BCUT2D eigenvalue weighted by Crippen LogP contribution is 2.34. The number of hydrogen-bond donors (Lipinski definition) is 2. The molecule has 0 aliphatic carbocycles. The first-order chi connectivity index (χ1) is 15.5. The van der Waals surface area contributed by atoms with Crippen LogP contribution in [0.5, 0.6) is 11.5 Å². The molecule has 1 atom stereocenters. The molecule has 0 fully saturated rings. The predicted molar refractivity (Wildman–Crippen MR) is 128 cm³/mol. The number of benzene rings is 2. The molecular weight excluding hydrogens is 424 g/mol. The van der Waals surface area contributed by atoms with Crippen molar-refractivity contribution in [2.75, 3.05) is 45.4 Å². The monoisotopic (exact) mass is 452 g/mol. The topological polar surface area (TPSA) is 79.5 Å².